The minimum Gasteiger partial charge on any atom is -0.322 e. The zero-order valence-electron chi connectivity index (χ0n) is 12.0. The molecule has 1 fully saturated rings. The summed E-state index contributed by atoms with van der Waals surface area (Å²) in [6.45, 7) is 4.45. The molecule has 0 saturated carbocycles. The third-order valence-corrected chi connectivity index (χ3v) is 4.04. The molecule has 3 amide bonds. The summed E-state index contributed by atoms with van der Waals surface area (Å²) in [5.41, 5.74) is 2.43. The van der Waals surface area contributed by atoms with Gasteiger partial charge in [-0.25, -0.2) is 0 Å². The van der Waals surface area contributed by atoms with Crippen LogP contribution in [0.3, 0.4) is 0 Å². The number of piperidine rings is 1. The molecule has 2 aliphatic rings. The van der Waals surface area contributed by atoms with Gasteiger partial charge < -0.3 is 4.90 Å². The fourth-order valence-electron chi connectivity index (χ4n) is 3.00. The Bertz CT molecular complexity index is 639. The van der Waals surface area contributed by atoms with E-state index in [2.05, 4.69) is 10.3 Å². The van der Waals surface area contributed by atoms with Gasteiger partial charge in [0.25, 0.3) is 5.91 Å². The highest BCUT2D eigenvalue weighted by atomic mass is 16.2. The Hall–Kier alpha value is -2.24. The number of aromatic nitrogens is 1. The highest BCUT2D eigenvalue weighted by Gasteiger charge is 2.40. The Labute approximate surface area is 122 Å². The molecule has 1 aromatic rings. The lowest BCUT2D eigenvalue weighted by Gasteiger charge is -2.29. The van der Waals surface area contributed by atoms with E-state index in [9.17, 15) is 14.4 Å². The van der Waals surface area contributed by atoms with E-state index >= 15 is 0 Å². The second kappa shape index (κ2) is 4.95. The first-order valence-electron chi connectivity index (χ1n) is 7.11. The van der Waals surface area contributed by atoms with Gasteiger partial charge >= 0.3 is 0 Å². The number of fused-ring (bicyclic) bond motifs is 1. The van der Waals surface area contributed by atoms with E-state index in [1.807, 2.05) is 13.8 Å². The lowest BCUT2D eigenvalue weighted by atomic mass is 10.0. The molecule has 110 valence electrons. The van der Waals surface area contributed by atoms with Crippen LogP contribution >= 0.6 is 0 Å². The van der Waals surface area contributed by atoms with Crippen LogP contribution in [0.25, 0.3) is 0 Å². The van der Waals surface area contributed by atoms with E-state index in [0.717, 1.165) is 11.3 Å². The fourth-order valence-corrected chi connectivity index (χ4v) is 3.00. The minimum absolute atomic E-state index is 0.149. The lowest BCUT2D eigenvalue weighted by molar-refractivity contribution is -0.136. The summed E-state index contributed by atoms with van der Waals surface area (Å²) in [7, 11) is 0. The molecular weight excluding hydrogens is 270 g/mol. The van der Waals surface area contributed by atoms with Crippen molar-refractivity contribution in [2.45, 2.75) is 45.2 Å². The first-order chi connectivity index (χ1) is 9.99. The van der Waals surface area contributed by atoms with Crippen LogP contribution in [0.1, 0.15) is 54.2 Å². The molecule has 1 N–H and O–H groups in total. The van der Waals surface area contributed by atoms with Crippen molar-refractivity contribution >= 4 is 17.7 Å². The predicted molar refractivity (Wildman–Crippen MR) is 74.4 cm³/mol. The Balaban J connectivity index is 1.92. The summed E-state index contributed by atoms with van der Waals surface area (Å²) in [4.78, 5) is 41.6. The van der Waals surface area contributed by atoms with Gasteiger partial charge in [-0.05, 0) is 18.4 Å². The van der Waals surface area contributed by atoms with E-state index in [1.54, 1.807) is 17.2 Å². The van der Waals surface area contributed by atoms with E-state index in [-0.39, 0.29) is 30.1 Å². The summed E-state index contributed by atoms with van der Waals surface area (Å²) in [5, 5.41) is 2.30. The smallest absolute Gasteiger partial charge is 0.255 e. The Morgan fingerprint density at radius 1 is 1.33 bits per heavy atom. The minimum atomic E-state index is -0.567. The highest BCUT2D eigenvalue weighted by Crippen LogP contribution is 2.31. The van der Waals surface area contributed by atoms with Crippen molar-refractivity contribution in [3.63, 3.8) is 0 Å². The average molecular weight is 287 g/mol. The molecule has 3 heterocycles. The largest absolute Gasteiger partial charge is 0.322 e. The summed E-state index contributed by atoms with van der Waals surface area (Å²) >= 11 is 0. The molecule has 3 rings (SSSR count). The Morgan fingerprint density at radius 3 is 2.76 bits per heavy atom. The topological polar surface area (TPSA) is 79.4 Å². The van der Waals surface area contributed by atoms with Crippen molar-refractivity contribution in [3.05, 3.63) is 29.1 Å². The van der Waals surface area contributed by atoms with Crippen LogP contribution in [0, 0.1) is 0 Å². The Morgan fingerprint density at radius 2 is 2.10 bits per heavy atom. The van der Waals surface area contributed by atoms with Crippen molar-refractivity contribution < 1.29 is 14.4 Å². The molecule has 1 unspecified atom stereocenters. The van der Waals surface area contributed by atoms with E-state index in [4.69, 9.17) is 0 Å². The number of rotatable bonds is 2. The summed E-state index contributed by atoms with van der Waals surface area (Å²) < 4.78 is 0. The number of carbonyl (C=O) groups excluding carboxylic acids is 3. The molecule has 6 nitrogen and oxygen atoms in total. The zero-order chi connectivity index (χ0) is 15.1. The second-order valence-corrected chi connectivity index (χ2v) is 5.78. The lowest BCUT2D eigenvalue weighted by Crippen LogP contribution is -2.52. The van der Waals surface area contributed by atoms with Crippen molar-refractivity contribution in [1.29, 1.82) is 0 Å². The molecule has 0 radical (unpaired) electrons. The van der Waals surface area contributed by atoms with Crippen LogP contribution in [0.5, 0.6) is 0 Å². The standard InChI is InChI=1S/C15H17N3O3/c1-8(2)13-10-7-18(15(21)9(10)5-6-16-13)11-3-4-12(19)17-14(11)20/h5-6,8,11H,3-4,7H2,1-2H3,(H,17,19,20). The number of amides is 3. The molecule has 0 spiro atoms. The number of pyridine rings is 1. The fraction of sp³-hybridized carbons (Fsp3) is 0.467. The van der Waals surface area contributed by atoms with Gasteiger partial charge in [-0.15, -0.1) is 0 Å². The van der Waals surface area contributed by atoms with Gasteiger partial charge in [0.15, 0.2) is 0 Å². The maximum absolute atomic E-state index is 12.5. The van der Waals surface area contributed by atoms with Crippen LogP contribution in [0.2, 0.25) is 0 Å². The number of imide groups is 1. The second-order valence-electron chi connectivity index (χ2n) is 5.78. The van der Waals surface area contributed by atoms with Gasteiger partial charge in [-0.2, -0.15) is 0 Å². The SMILES string of the molecule is CC(C)c1nccc2c1CN(C1CCC(=O)NC1=O)C2=O. The molecule has 2 aliphatic heterocycles. The van der Waals surface area contributed by atoms with E-state index in [1.165, 1.54) is 0 Å². The first kappa shape index (κ1) is 13.7. The quantitative estimate of drug-likeness (QED) is 0.822. The molecule has 0 aromatic carbocycles. The van der Waals surface area contributed by atoms with Crippen molar-refractivity contribution in [3.8, 4) is 0 Å². The molecular formula is C15H17N3O3. The third-order valence-electron chi connectivity index (χ3n) is 4.04. The summed E-state index contributed by atoms with van der Waals surface area (Å²) in [6.07, 6.45) is 2.29. The number of carbonyl (C=O) groups is 3. The number of nitrogens with zero attached hydrogens (tertiary/aromatic N) is 2. The zero-order valence-corrected chi connectivity index (χ0v) is 12.0. The molecule has 0 bridgehead atoms. The maximum Gasteiger partial charge on any atom is 0.255 e. The summed E-state index contributed by atoms with van der Waals surface area (Å²) in [5.74, 6) is -0.588. The predicted octanol–water partition coefficient (Wildman–Crippen LogP) is 0.966. The van der Waals surface area contributed by atoms with Crippen molar-refractivity contribution in [2.24, 2.45) is 0 Å². The van der Waals surface area contributed by atoms with E-state index < -0.39 is 6.04 Å². The molecule has 1 saturated heterocycles. The van der Waals surface area contributed by atoms with Gasteiger partial charge in [0.2, 0.25) is 11.8 Å². The van der Waals surface area contributed by atoms with Gasteiger partial charge in [0.1, 0.15) is 6.04 Å². The summed E-state index contributed by atoms with van der Waals surface area (Å²) in [6, 6.07) is 1.14. The molecule has 6 heteroatoms. The normalized spacial score (nSPS) is 21.8. The first-order valence-corrected chi connectivity index (χ1v) is 7.11. The van der Waals surface area contributed by atoms with Crippen molar-refractivity contribution in [2.75, 3.05) is 0 Å². The van der Waals surface area contributed by atoms with Crippen LogP contribution < -0.4 is 5.32 Å². The maximum atomic E-state index is 12.5. The number of hydrogen-bond donors (Lipinski definition) is 1. The van der Waals surface area contributed by atoms with Crippen molar-refractivity contribution in [1.82, 2.24) is 15.2 Å². The van der Waals surface area contributed by atoms with Gasteiger partial charge in [0, 0.05) is 36.0 Å². The van der Waals surface area contributed by atoms with Crippen LogP contribution in [0.4, 0.5) is 0 Å². The van der Waals surface area contributed by atoms with Crippen LogP contribution in [0.15, 0.2) is 12.3 Å². The van der Waals surface area contributed by atoms with Gasteiger partial charge in [0.05, 0.1) is 0 Å². The molecule has 0 aliphatic carbocycles. The van der Waals surface area contributed by atoms with Gasteiger partial charge in [-0.3, -0.25) is 24.7 Å². The molecule has 1 atom stereocenters. The average Bonchev–Trinajstić information content (AvgIpc) is 2.76. The third kappa shape index (κ3) is 2.20. The number of hydrogen-bond acceptors (Lipinski definition) is 4. The molecule has 1 aromatic heterocycles. The van der Waals surface area contributed by atoms with Crippen LogP contribution in [-0.2, 0) is 16.1 Å². The van der Waals surface area contributed by atoms with Crippen LogP contribution in [-0.4, -0.2) is 33.6 Å². The molecule has 21 heavy (non-hydrogen) atoms. The monoisotopic (exact) mass is 287 g/mol. The Kier molecular flexibility index (Phi) is 3.23. The number of nitrogens with one attached hydrogen (secondary N) is 1. The van der Waals surface area contributed by atoms with Gasteiger partial charge in [-0.1, -0.05) is 13.8 Å². The highest BCUT2D eigenvalue weighted by molar-refractivity contribution is 6.05. The van der Waals surface area contributed by atoms with E-state index in [0.29, 0.717) is 18.5 Å².